The molecule has 0 saturated heterocycles. The number of carbonyl (C=O) groups is 1. The van der Waals surface area contributed by atoms with Crippen LogP contribution in [0.5, 0.6) is 0 Å². The second-order valence-electron chi connectivity index (χ2n) is 5.35. The number of nitrogens with one attached hydrogen (secondary N) is 2. The number of carbonyl (C=O) groups excluding carboxylic acids is 1. The van der Waals surface area contributed by atoms with Crippen LogP contribution in [0.3, 0.4) is 0 Å². The number of sulfone groups is 1. The van der Waals surface area contributed by atoms with Gasteiger partial charge in [-0.05, 0) is 37.1 Å². The Labute approximate surface area is 131 Å². The van der Waals surface area contributed by atoms with Crippen molar-refractivity contribution in [3.8, 4) is 0 Å². The molecule has 0 heterocycles. The smallest absolute Gasteiger partial charge is 0.319 e. The lowest BCUT2D eigenvalue weighted by Gasteiger charge is -2.12. The Morgan fingerprint density at radius 2 is 1.86 bits per heavy atom. The lowest BCUT2D eigenvalue weighted by molar-refractivity contribution is 0.198. The van der Waals surface area contributed by atoms with E-state index in [1.54, 1.807) is 31.4 Å². The predicted octanol–water partition coefficient (Wildman–Crippen LogP) is 2.17. The summed E-state index contributed by atoms with van der Waals surface area (Å²) in [6.07, 6.45) is 3.44. The zero-order valence-corrected chi connectivity index (χ0v) is 13.5. The van der Waals surface area contributed by atoms with E-state index in [1.807, 2.05) is 0 Å². The van der Waals surface area contributed by atoms with E-state index in [0.717, 1.165) is 25.7 Å². The molecule has 0 aliphatic heterocycles. The second kappa shape index (κ2) is 7.60. The molecule has 6 nitrogen and oxygen atoms in total. The Morgan fingerprint density at radius 3 is 2.45 bits per heavy atom. The standard InChI is InChI=1S/C15H22N2O4S/c1-21-11-10-16-15(18)17-12-6-8-14(9-7-12)22(19,20)13-4-2-3-5-13/h6-9,13H,2-5,10-11H2,1H3,(H2,16,17,18). The fourth-order valence-electron chi connectivity index (χ4n) is 2.56. The van der Waals surface area contributed by atoms with Gasteiger partial charge in [-0.2, -0.15) is 0 Å². The number of urea groups is 1. The topological polar surface area (TPSA) is 84.5 Å². The molecule has 1 aliphatic carbocycles. The lowest BCUT2D eigenvalue weighted by Crippen LogP contribution is -2.31. The van der Waals surface area contributed by atoms with Crippen LogP contribution in [0.25, 0.3) is 0 Å². The number of benzene rings is 1. The largest absolute Gasteiger partial charge is 0.383 e. The predicted molar refractivity (Wildman–Crippen MR) is 84.8 cm³/mol. The molecule has 1 aromatic carbocycles. The van der Waals surface area contributed by atoms with Gasteiger partial charge in [0, 0.05) is 19.3 Å². The molecule has 22 heavy (non-hydrogen) atoms. The SMILES string of the molecule is COCCNC(=O)Nc1ccc(S(=O)(=O)C2CCCC2)cc1. The molecular weight excluding hydrogens is 304 g/mol. The third-order valence-corrected chi connectivity index (χ3v) is 6.05. The summed E-state index contributed by atoms with van der Waals surface area (Å²) in [5, 5.41) is 5.02. The molecular formula is C15H22N2O4S. The summed E-state index contributed by atoms with van der Waals surface area (Å²) in [5.41, 5.74) is 0.556. The number of hydrogen-bond donors (Lipinski definition) is 2. The van der Waals surface area contributed by atoms with Crippen molar-refractivity contribution >= 4 is 21.6 Å². The first kappa shape index (κ1) is 16.8. The van der Waals surface area contributed by atoms with Crippen LogP contribution in [0, 0.1) is 0 Å². The molecule has 2 rings (SSSR count). The van der Waals surface area contributed by atoms with Crippen molar-refractivity contribution in [3.05, 3.63) is 24.3 Å². The van der Waals surface area contributed by atoms with E-state index in [4.69, 9.17) is 4.74 Å². The number of rotatable bonds is 6. The van der Waals surface area contributed by atoms with E-state index >= 15 is 0 Å². The average molecular weight is 326 g/mol. The van der Waals surface area contributed by atoms with E-state index in [0.29, 0.717) is 23.7 Å². The molecule has 0 atom stereocenters. The van der Waals surface area contributed by atoms with Gasteiger partial charge >= 0.3 is 6.03 Å². The third-order valence-electron chi connectivity index (χ3n) is 3.77. The Balaban J connectivity index is 1.96. The molecule has 122 valence electrons. The fraction of sp³-hybridized carbons (Fsp3) is 0.533. The van der Waals surface area contributed by atoms with Crippen molar-refractivity contribution in [3.63, 3.8) is 0 Å². The Morgan fingerprint density at radius 1 is 1.23 bits per heavy atom. The normalized spacial score (nSPS) is 15.7. The van der Waals surface area contributed by atoms with Crippen LogP contribution in [0.1, 0.15) is 25.7 Å². The van der Waals surface area contributed by atoms with E-state index in [9.17, 15) is 13.2 Å². The third kappa shape index (κ3) is 4.20. The molecule has 1 aromatic rings. The maximum Gasteiger partial charge on any atom is 0.319 e. The van der Waals surface area contributed by atoms with Crippen molar-refractivity contribution in [1.82, 2.24) is 5.32 Å². The number of methoxy groups -OCH3 is 1. The van der Waals surface area contributed by atoms with Crippen LogP contribution in [0.4, 0.5) is 10.5 Å². The van der Waals surface area contributed by atoms with Crippen molar-refractivity contribution in [2.45, 2.75) is 35.8 Å². The molecule has 7 heteroatoms. The summed E-state index contributed by atoms with van der Waals surface area (Å²) in [4.78, 5) is 11.9. The van der Waals surface area contributed by atoms with E-state index in [1.165, 1.54) is 0 Å². The molecule has 1 fully saturated rings. The molecule has 0 radical (unpaired) electrons. The van der Waals surface area contributed by atoms with Crippen LogP contribution < -0.4 is 10.6 Å². The van der Waals surface area contributed by atoms with E-state index in [-0.39, 0.29) is 11.3 Å². The zero-order valence-electron chi connectivity index (χ0n) is 12.7. The van der Waals surface area contributed by atoms with Gasteiger partial charge in [0.1, 0.15) is 0 Å². The van der Waals surface area contributed by atoms with Gasteiger partial charge in [0.25, 0.3) is 0 Å². The van der Waals surface area contributed by atoms with Crippen molar-refractivity contribution in [1.29, 1.82) is 0 Å². The Hall–Kier alpha value is -1.60. The van der Waals surface area contributed by atoms with Gasteiger partial charge in [-0.15, -0.1) is 0 Å². The highest BCUT2D eigenvalue weighted by Gasteiger charge is 2.30. The highest BCUT2D eigenvalue weighted by molar-refractivity contribution is 7.92. The second-order valence-corrected chi connectivity index (χ2v) is 7.58. The maximum atomic E-state index is 12.4. The molecule has 0 unspecified atom stereocenters. The Bertz CT molecular complexity index is 592. The number of anilines is 1. The van der Waals surface area contributed by atoms with Crippen molar-refractivity contribution in [2.24, 2.45) is 0 Å². The molecule has 0 bridgehead atoms. The quantitative estimate of drug-likeness (QED) is 0.785. The number of hydrogen-bond acceptors (Lipinski definition) is 4. The monoisotopic (exact) mass is 326 g/mol. The molecule has 1 aliphatic rings. The summed E-state index contributed by atoms with van der Waals surface area (Å²) >= 11 is 0. The Kier molecular flexibility index (Phi) is 5.79. The zero-order chi connectivity index (χ0) is 16.0. The minimum atomic E-state index is -3.25. The summed E-state index contributed by atoms with van der Waals surface area (Å²) < 4.78 is 29.7. The van der Waals surface area contributed by atoms with Gasteiger partial charge in [0.2, 0.25) is 0 Å². The van der Waals surface area contributed by atoms with Gasteiger partial charge in [-0.1, -0.05) is 12.8 Å². The van der Waals surface area contributed by atoms with Crippen LogP contribution in [0.2, 0.25) is 0 Å². The first-order chi connectivity index (χ1) is 10.5. The van der Waals surface area contributed by atoms with Crippen LogP contribution >= 0.6 is 0 Å². The molecule has 2 amide bonds. The highest BCUT2D eigenvalue weighted by atomic mass is 32.2. The summed E-state index contributed by atoms with van der Waals surface area (Å²) in [6.45, 7) is 0.850. The van der Waals surface area contributed by atoms with E-state index in [2.05, 4.69) is 10.6 Å². The average Bonchev–Trinajstić information content (AvgIpc) is 3.03. The van der Waals surface area contributed by atoms with Gasteiger partial charge in [0.05, 0.1) is 16.8 Å². The van der Waals surface area contributed by atoms with Gasteiger partial charge in [0.15, 0.2) is 9.84 Å². The lowest BCUT2D eigenvalue weighted by atomic mass is 10.3. The summed E-state index contributed by atoms with van der Waals surface area (Å²) in [6, 6.07) is 5.98. The minimum Gasteiger partial charge on any atom is -0.383 e. The first-order valence-corrected chi connectivity index (χ1v) is 8.96. The van der Waals surface area contributed by atoms with Crippen LogP contribution in [0.15, 0.2) is 29.2 Å². The molecule has 1 saturated carbocycles. The van der Waals surface area contributed by atoms with Gasteiger partial charge in [-0.25, -0.2) is 13.2 Å². The molecule has 0 aromatic heterocycles. The number of ether oxygens (including phenoxy) is 1. The first-order valence-electron chi connectivity index (χ1n) is 7.42. The van der Waals surface area contributed by atoms with Crippen LogP contribution in [-0.4, -0.2) is 40.0 Å². The van der Waals surface area contributed by atoms with Crippen molar-refractivity contribution in [2.75, 3.05) is 25.6 Å². The fourth-order valence-corrected chi connectivity index (χ4v) is 4.42. The molecule has 2 N–H and O–H groups in total. The van der Waals surface area contributed by atoms with Crippen molar-refractivity contribution < 1.29 is 17.9 Å². The summed E-state index contributed by atoms with van der Waals surface area (Å²) in [7, 11) is -1.69. The minimum absolute atomic E-state index is 0.261. The number of amides is 2. The van der Waals surface area contributed by atoms with Gasteiger partial charge < -0.3 is 15.4 Å². The molecule has 0 spiro atoms. The maximum absolute atomic E-state index is 12.4. The highest BCUT2D eigenvalue weighted by Crippen LogP contribution is 2.29. The summed E-state index contributed by atoms with van der Waals surface area (Å²) in [5.74, 6) is 0. The van der Waals surface area contributed by atoms with Gasteiger partial charge in [-0.3, -0.25) is 0 Å². The van der Waals surface area contributed by atoms with E-state index < -0.39 is 9.84 Å². The van der Waals surface area contributed by atoms with Crippen LogP contribution in [-0.2, 0) is 14.6 Å².